The molecule has 2 aromatic rings. The minimum atomic E-state index is -0.638. The molecule has 20 heavy (non-hydrogen) atoms. The molecule has 1 amide bonds. The van der Waals surface area contributed by atoms with Crippen LogP contribution in [-0.4, -0.2) is 5.91 Å². The number of hydrogen-bond acceptors (Lipinski definition) is 3. The second-order valence-corrected chi connectivity index (χ2v) is 5.39. The molecule has 0 saturated carbocycles. The minimum Gasteiger partial charge on any atom is -0.486 e. The Morgan fingerprint density at radius 2 is 2.00 bits per heavy atom. The van der Waals surface area contributed by atoms with Crippen LogP contribution in [0.3, 0.4) is 0 Å². The first kappa shape index (κ1) is 14.7. The molecule has 0 heterocycles. The fourth-order valence-electron chi connectivity index (χ4n) is 1.71. The zero-order valence-electron chi connectivity index (χ0n) is 10.4. The minimum absolute atomic E-state index is 0.169. The van der Waals surface area contributed by atoms with Crippen LogP contribution < -0.4 is 16.2 Å². The van der Waals surface area contributed by atoms with E-state index in [9.17, 15) is 4.79 Å². The second-order valence-electron chi connectivity index (χ2n) is 4.12. The molecule has 0 saturated heterocycles. The Balaban J connectivity index is 2.30. The number of amides is 1. The Kier molecular flexibility index (Phi) is 4.52. The van der Waals surface area contributed by atoms with Crippen molar-refractivity contribution in [3.8, 4) is 5.75 Å². The molecule has 0 aromatic heterocycles. The number of halogens is 2. The van der Waals surface area contributed by atoms with Crippen LogP contribution in [-0.2, 0) is 6.61 Å². The number of rotatable bonds is 4. The van der Waals surface area contributed by atoms with Gasteiger partial charge in [0, 0.05) is 15.7 Å². The van der Waals surface area contributed by atoms with Gasteiger partial charge in [-0.25, -0.2) is 0 Å². The van der Waals surface area contributed by atoms with Crippen LogP contribution in [0.4, 0.5) is 5.69 Å². The first-order chi connectivity index (χ1) is 9.49. The Morgan fingerprint density at radius 3 is 2.65 bits per heavy atom. The lowest BCUT2D eigenvalue weighted by Gasteiger charge is -2.13. The van der Waals surface area contributed by atoms with Gasteiger partial charge in [-0.15, -0.1) is 0 Å². The van der Waals surface area contributed by atoms with Gasteiger partial charge in [0.2, 0.25) is 0 Å². The largest absolute Gasteiger partial charge is 0.486 e. The molecule has 0 atom stereocenters. The zero-order valence-corrected chi connectivity index (χ0v) is 12.7. The van der Waals surface area contributed by atoms with Crippen molar-refractivity contribution in [1.82, 2.24) is 0 Å². The van der Waals surface area contributed by atoms with Gasteiger partial charge in [-0.05, 0) is 18.2 Å². The molecule has 0 aliphatic carbocycles. The van der Waals surface area contributed by atoms with Crippen LogP contribution in [0.2, 0.25) is 5.02 Å². The fraction of sp³-hybridized carbons (Fsp3) is 0.0714. The van der Waals surface area contributed by atoms with Gasteiger partial charge in [0.1, 0.15) is 6.61 Å². The van der Waals surface area contributed by atoms with Gasteiger partial charge < -0.3 is 16.2 Å². The number of carbonyl (C=O) groups excluding carboxylic acids is 1. The molecule has 6 heteroatoms. The van der Waals surface area contributed by atoms with E-state index in [1.807, 2.05) is 24.3 Å². The third kappa shape index (κ3) is 3.23. The summed E-state index contributed by atoms with van der Waals surface area (Å²) in [7, 11) is 0. The summed E-state index contributed by atoms with van der Waals surface area (Å²) in [5.41, 5.74) is 12.4. The molecule has 0 aliphatic rings. The quantitative estimate of drug-likeness (QED) is 0.825. The molecule has 2 aromatic carbocycles. The Morgan fingerprint density at radius 1 is 1.30 bits per heavy atom. The molecule has 0 spiro atoms. The van der Waals surface area contributed by atoms with E-state index in [4.69, 9.17) is 27.8 Å². The summed E-state index contributed by atoms with van der Waals surface area (Å²) in [6, 6.07) is 10.6. The highest BCUT2D eigenvalue weighted by Gasteiger charge is 2.15. The fourth-order valence-corrected chi connectivity index (χ4v) is 2.39. The van der Waals surface area contributed by atoms with Gasteiger partial charge in [0.15, 0.2) is 5.75 Å². The summed E-state index contributed by atoms with van der Waals surface area (Å²) in [4.78, 5) is 11.4. The van der Waals surface area contributed by atoms with Crippen LogP contribution in [0.1, 0.15) is 15.9 Å². The van der Waals surface area contributed by atoms with Crippen molar-refractivity contribution in [3.63, 3.8) is 0 Å². The molecule has 2 rings (SSSR count). The predicted octanol–water partition coefficient (Wildman–Crippen LogP) is 3.36. The average molecular weight is 356 g/mol. The molecule has 0 bridgehead atoms. The third-order valence-corrected chi connectivity index (χ3v) is 3.72. The summed E-state index contributed by atoms with van der Waals surface area (Å²) in [6.45, 7) is 0.255. The first-order valence-corrected chi connectivity index (χ1v) is 6.91. The summed E-state index contributed by atoms with van der Waals surface area (Å²) < 4.78 is 6.54. The molecule has 104 valence electrons. The third-order valence-electron chi connectivity index (χ3n) is 2.66. The van der Waals surface area contributed by atoms with E-state index in [2.05, 4.69) is 15.9 Å². The van der Waals surface area contributed by atoms with E-state index in [1.54, 1.807) is 0 Å². The zero-order chi connectivity index (χ0) is 14.7. The summed E-state index contributed by atoms with van der Waals surface area (Å²) in [5, 5.41) is 0.255. The number of nitrogen functional groups attached to an aromatic ring is 1. The number of carbonyl (C=O) groups is 1. The second kappa shape index (κ2) is 6.15. The molecule has 0 radical (unpaired) electrons. The highest BCUT2D eigenvalue weighted by Crippen LogP contribution is 2.32. The van der Waals surface area contributed by atoms with Crippen LogP contribution in [0.5, 0.6) is 5.75 Å². The lowest BCUT2D eigenvalue weighted by Crippen LogP contribution is -2.14. The summed E-state index contributed by atoms with van der Waals surface area (Å²) in [5.74, 6) is -0.398. The Bertz CT molecular complexity index is 662. The van der Waals surface area contributed by atoms with Crippen LogP contribution >= 0.6 is 27.5 Å². The molecular formula is C14H12BrClN2O2. The number of primary amides is 1. The van der Waals surface area contributed by atoms with Crippen LogP contribution in [0.25, 0.3) is 0 Å². The van der Waals surface area contributed by atoms with E-state index >= 15 is 0 Å². The number of hydrogen-bond donors (Lipinski definition) is 2. The molecule has 4 nitrogen and oxygen atoms in total. The van der Waals surface area contributed by atoms with Gasteiger partial charge in [0.25, 0.3) is 5.91 Å². The van der Waals surface area contributed by atoms with Crippen molar-refractivity contribution in [2.24, 2.45) is 5.73 Å². The molecule has 0 unspecified atom stereocenters. The molecule has 4 N–H and O–H groups in total. The van der Waals surface area contributed by atoms with E-state index in [-0.39, 0.29) is 22.9 Å². The number of ether oxygens (including phenoxy) is 1. The van der Waals surface area contributed by atoms with Gasteiger partial charge in [-0.1, -0.05) is 45.7 Å². The summed E-state index contributed by atoms with van der Waals surface area (Å²) >= 11 is 9.48. The maximum Gasteiger partial charge on any atom is 0.252 e. The van der Waals surface area contributed by atoms with Gasteiger partial charge in [-0.2, -0.15) is 0 Å². The van der Waals surface area contributed by atoms with Crippen molar-refractivity contribution < 1.29 is 9.53 Å². The van der Waals surface area contributed by atoms with Gasteiger partial charge in [-0.3, -0.25) is 4.79 Å². The van der Waals surface area contributed by atoms with E-state index < -0.39 is 5.91 Å². The normalized spacial score (nSPS) is 10.3. The highest BCUT2D eigenvalue weighted by molar-refractivity contribution is 9.10. The van der Waals surface area contributed by atoms with E-state index in [0.29, 0.717) is 5.69 Å². The SMILES string of the molecule is NC(=O)c1cc(N)cc(Cl)c1OCc1ccccc1Br. The lowest BCUT2D eigenvalue weighted by molar-refractivity contribution is 0.0996. The number of nitrogens with two attached hydrogens (primary N) is 2. The van der Waals surface area contributed by atoms with Gasteiger partial charge in [0.05, 0.1) is 10.6 Å². The summed E-state index contributed by atoms with van der Waals surface area (Å²) in [6.07, 6.45) is 0. The van der Waals surface area contributed by atoms with Crippen molar-refractivity contribution in [1.29, 1.82) is 0 Å². The van der Waals surface area contributed by atoms with Crippen molar-refractivity contribution in [2.45, 2.75) is 6.61 Å². The smallest absolute Gasteiger partial charge is 0.252 e. The van der Waals surface area contributed by atoms with Crippen LogP contribution in [0, 0.1) is 0 Å². The van der Waals surface area contributed by atoms with E-state index in [0.717, 1.165) is 10.0 Å². The molecule has 0 fully saturated rings. The Labute approximate surface area is 129 Å². The standard InChI is InChI=1S/C14H12BrClN2O2/c15-11-4-2-1-3-8(11)7-20-13-10(14(18)19)5-9(17)6-12(13)16/h1-6H,7,17H2,(H2,18,19). The van der Waals surface area contributed by atoms with Crippen molar-refractivity contribution >= 4 is 39.1 Å². The maximum absolute atomic E-state index is 11.4. The Hall–Kier alpha value is -1.72. The van der Waals surface area contributed by atoms with E-state index in [1.165, 1.54) is 12.1 Å². The van der Waals surface area contributed by atoms with Crippen LogP contribution in [0.15, 0.2) is 40.9 Å². The van der Waals surface area contributed by atoms with Gasteiger partial charge >= 0.3 is 0 Å². The lowest BCUT2D eigenvalue weighted by atomic mass is 10.1. The van der Waals surface area contributed by atoms with Crippen molar-refractivity contribution in [2.75, 3.05) is 5.73 Å². The maximum atomic E-state index is 11.4. The number of anilines is 1. The predicted molar refractivity (Wildman–Crippen MR) is 82.9 cm³/mol. The highest BCUT2D eigenvalue weighted by atomic mass is 79.9. The monoisotopic (exact) mass is 354 g/mol. The van der Waals surface area contributed by atoms with Crippen molar-refractivity contribution in [3.05, 3.63) is 57.0 Å². The first-order valence-electron chi connectivity index (χ1n) is 5.74. The molecule has 0 aliphatic heterocycles. The topological polar surface area (TPSA) is 78.3 Å². The number of benzene rings is 2. The average Bonchev–Trinajstić information content (AvgIpc) is 2.38. The molecular weight excluding hydrogens is 344 g/mol.